The van der Waals surface area contributed by atoms with Gasteiger partial charge in [0.25, 0.3) is 0 Å². The molecule has 1 aromatic carbocycles. The first-order valence-corrected chi connectivity index (χ1v) is 6.59. The molecular weight excluding hydrogens is 264 g/mol. The summed E-state index contributed by atoms with van der Waals surface area (Å²) in [6.07, 6.45) is 2.97. The topological polar surface area (TPSA) is 30.5 Å². The largest absolute Gasteiger partial charge is 0.435 e. The molecule has 1 N–H and O–H groups in total. The molecule has 0 aliphatic heterocycles. The van der Waals surface area contributed by atoms with E-state index in [4.69, 9.17) is 4.74 Å². The Kier molecular flexibility index (Phi) is 7.84. The minimum atomic E-state index is -2.78. The van der Waals surface area contributed by atoms with Crippen LogP contribution in [-0.2, 0) is 4.74 Å². The number of benzene rings is 1. The average molecular weight is 285 g/mol. The number of nitrogens with one attached hydrogen (secondary N) is 1. The molecule has 20 heavy (non-hydrogen) atoms. The molecule has 112 valence electrons. The molecule has 0 heterocycles. The molecule has 0 fully saturated rings. The van der Waals surface area contributed by atoms with Crippen molar-refractivity contribution in [1.82, 2.24) is 5.32 Å². The van der Waals surface area contributed by atoms with Crippen molar-refractivity contribution in [3.63, 3.8) is 0 Å². The van der Waals surface area contributed by atoms with Gasteiger partial charge in [0.15, 0.2) is 0 Å². The van der Waals surface area contributed by atoms with Crippen LogP contribution in [0.3, 0.4) is 0 Å². The maximum atomic E-state index is 12.0. The van der Waals surface area contributed by atoms with Gasteiger partial charge in [-0.25, -0.2) is 0 Å². The van der Waals surface area contributed by atoms with E-state index in [0.717, 1.165) is 25.1 Å². The van der Waals surface area contributed by atoms with Gasteiger partial charge in [-0.3, -0.25) is 0 Å². The minimum absolute atomic E-state index is 0.174. The van der Waals surface area contributed by atoms with Gasteiger partial charge in [0, 0.05) is 20.2 Å². The van der Waals surface area contributed by atoms with Crippen LogP contribution in [0.4, 0.5) is 8.78 Å². The predicted molar refractivity (Wildman–Crippen MR) is 76.1 cm³/mol. The van der Waals surface area contributed by atoms with Crippen LogP contribution in [0.1, 0.15) is 18.9 Å². The SMILES string of the molecule is CCC(=Cc1ccc(OC(F)F)cc1)CNCCOC. The van der Waals surface area contributed by atoms with Crippen LogP contribution in [0.2, 0.25) is 0 Å². The molecule has 1 rings (SSSR count). The van der Waals surface area contributed by atoms with Gasteiger partial charge in [-0.1, -0.05) is 30.7 Å². The molecular formula is C15H21F2NO2. The zero-order valence-electron chi connectivity index (χ0n) is 11.9. The Morgan fingerprint density at radius 3 is 2.55 bits per heavy atom. The van der Waals surface area contributed by atoms with E-state index < -0.39 is 6.61 Å². The fourth-order valence-electron chi connectivity index (χ4n) is 1.68. The summed E-state index contributed by atoms with van der Waals surface area (Å²) in [6, 6.07) is 6.62. The molecule has 0 aliphatic carbocycles. The molecule has 0 radical (unpaired) electrons. The van der Waals surface area contributed by atoms with Crippen molar-refractivity contribution in [3.05, 3.63) is 35.4 Å². The molecule has 0 amide bonds. The van der Waals surface area contributed by atoms with Crippen molar-refractivity contribution in [2.24, 2.45) is 0 Å². The number of rotatable bonds is 9. The fourth-order valence-corrected chi connectivity index (χ4v) is 1.68. The fraction of sp³-hybridized carbons (Fsp3) is 0.467. The van der Waals surface area contributed by atoms with Crippen molar-refractivity contribution < 1.29 is 18.3 Å². The second-order valence-corrected chi connectivity index (χ2v) is 4.27. The molecule has 3 nitrogen and oxygen atoms in total. The summed E-state index contributed by atoms with van der Waals surface area (Å²) in [5.74, 6) is 0.174. The average Bonchev–Trinajstić information content (AvgIpc) is 2.43. The number of methoxy groups -OCH3 is 1. The highest BCUT2D eigenvalue weighted by atomic mass is 19.3. The molecule has 0 atom stereocenters. The van der Waals surface area contributed by atoms with Crippen molar-refractivity contribution in [3.8, 4) is 5.75 Å². The van der Waals surface area contributed by atoms with Gasteiger partial charge in [0.2, 0.25) is 0 Å². The van der Waals surface area contributed by atoms with Crippen LogP contribution in [0, 0.1) is 0 Å². The Balaban J connectivity index is 2.56. The zero-order chi connectivity index (χ0) is 14.8. The first kappa shape index (κ1) is 16.6. The monoisotopic (exact) mass is 285 g/mol. The zero-order valence-corrected chi connectivity index (χ0v) is 11.9. The molecule has 0 saturated carbocycles. The standard InChI is InChI=1S/C15H21F2NO2/c1-3-12(11-18-8-9-19-2)10-13-4-6-14(7-5-13)20-15(16)17/h4-7,10,15,18H,3,8-9,11H2,1-2H3. The van der Waals surface area contributed by atoms with Gasteiger partial charge in [-0.05, 0) is 24.1 Å². The lowest BCUT2D eigenvalue weighted by molar-refractivity contribution is -0.0498. The smallest absolute Gasteiger partial charge is 0.387 e. The normalized spacial score (nSPS) is 11.9. The number of hydrogen-bond donors (Lipinski definition) is 1. The predicted octanol–water partition coefficient (Wildman–Crippen LogP) is 3.32. The summed E-state index contributed by atoms with van der Waals surface area (Å²) in [6.45, 7) is 1.56. The Morgan fingerprint density at radius 2 is 2.00 bits per heavy atom. The van der Waals surface area contributed by atoms with Gasteiger partial charge in [0.05, 0.1) is 6.61 Å². The lowest BCUT2D eigenvalue weighted by atomic mass is 10.1. The van der Waals surface area contributed by atoms with Gasteiger partial charge >= 0.3 is 6.61 Å². The summed E-state index contributed by atoms with van der Waals surface area (Å²) in [4.78, 5) is 0. The van der Waals surface area contributed by atoms with Crippen LogP contribution in [0.5, 0.6) is 5.75 Å². The second kappa shape index (κ2) is 9.44. The summed E-state index contributed by atoms with van der Waals surface area (Å²) < 4.78 is 33.3. The van der Waals surface area contributed by atoms with E-state index in [1.54, 1.807) is 31.4 Å². The first-order chi connectivity index (χ1) is 9.65. The van der Waals surface area contributed by atoms with Gasteiger partial charge < -0.3 is 14.8 Å². The van der Waals surface area contributed by atoms with E-state index in [-0.39, 0.29) is 5.75 Å². The maximum Gasteiger partial charge on any atom is 0.387 e. The molecule has 1 aromatic rings. The third-order valence-electron chi connectivity index (χ3n) is 2.77. The number of hydrogen-bond acceptors (Lipinski definition) is 3. The molecule has 0 unspecified atom stereocenters. The summed E-state index contributed by atoms with van der Waals surface area (Å²) >= 11 is 0. The number of alkyl halides is 2. The van der Waals surface area contributed by atoms with E-state index in [2.05, 4.69) is 17.0 Å². The quantitative estimate of drug-likeness (QED) is 0.706. The molecule has 0 aliphatic rings. The van der Waals surface area contributed by atoms with Crippen LogP contribution < -0.4 is 10.1 Å². The molecule has 0 bridgehead atoms. The Hall–Kier alpha value is -1.46. The number of ether oxygens (including phenoxy) is 2. The van der Waals surface area contributed by atoms with Crippen molar-refractivity contribution in [2.45, 2.75) is 20.0 Å². The Bertz CT molecular complexity index is 405. The summed E-state index contributed by atoms with van der Waals surface area (Å²) in [7, 11) is 1.67. The Morgan fingerprint density at radius 1 is 1.30 bits per heavy atom. The third-order valence-corrected chi connectivity index (χ3v) is 2.77. The van der Waals surface area contributed by atoms with Crippen molar-refractivity contribution >= 4 is 6.08 Å². The first-order valence-electron chi connectivity index (χ1n) is 6.59. The van der Waals surface area contributed by atoms with Gasteiger partial charge in [-0.15, -0.1) is 0 Å². The van der Waals surface area contributed by atoms with Crippen molar-refractivity contribution in [1.29, 1.82) is 0 Å². The molecule has 0 saturated heterocycles. The van der Waals surface area contributed by atoms with Crippen LogP contribution in [0.15, 0.2) is 29.8 Å². The number of halogens is 2. The van der Waals surface area contributed by atoms with Crippen LogP contribution in [-0.4, -0.2) is 33.4 Å². The van der Waals surface area contributed by atoms with E-state index in [9.17, 15) is 8.78 Å². The van der Waals surface area contributed by atoms with Crippen LogP contribution >= 0.6 is 0 Å². The highest BCUT2D eigenvalue weighted by Gasteiger charge is 2.03. The van der Waals surface area contributed by atoms with E-state index in [1.807, 2.05) is 6.08 Å². The minimum Gasteiger partial charge on any atom is -0.435 e. The highest BCUT2D eigenvalue weighted by molar-refractivity contribution is 5.54. The molecule has 0 aromatic heterocycles. The van der Waals surface area contributed by atoms with Gasteiger partial charge in [-0.2, -0.15) is 8.78 Å². The molecule has 5 heteroatoms. The maximum absolute atomic E-state index is 12.0. The summed E-state index contributed by atoms with van der Waals surface area (Å²) in [5, 5.41) is 3.28. The Labute approximate surface area is 118 Å². The second-order valence-electron chi connectivity index (χ2n) is 4.27. The van der Waals surface area contributed by atoms with E-state index in [0.29, 0.717) is 6.61 Å². The van der Waals surface area contributed by atoms with Gasteiger partial charge in [0.1, 0.15) is 5.75 Å². The lowest BCUT2D eigenvalue weighted by Gasteiger charge is -2.08. The molecule has 0 spiro atoms. The lowest BCUT2D eigenvalue weighted by Crippen LogP contribution is -2.21. The third kappa shape index (κ3) is 6.63. The summed E-state index contributed by atoms with van der Waals surface area (Å²) in [5.41, 5.74) is 2.21. The van der Waals surface area contributed by atoms with E-state index >= 15 is 0 Å². The highest BCUT2D eigenvalue weighted by Crippen LogP contribution is 2.17. The van der Waals surface area contributed by atoms with Crippen LogP contribution in [0.25, 0.3) is 6.08 Å². The van der Waals surface area contributed by atoms with Crippen molar-refractivity contribution in [2.75, 3.05) is 26.8 Å². The van der Waals surface area contributed by atoms with E-state index in [1.165, 1.54) is 5.57 Å².